The number of imidazole rings is 1. The summed E-state index contributed by atoms with van der Waals surface area (Å²) in [5.41, 5.74) is 10.00. The Morgan fingerprint density at radius 1 is 1.10 bits per heavy atom. The highest BCUT2D eigenvalue weighted by Crippen LogP contribution is 2.27. The molecular weight excluding hydrogens is 264 g/mol. The molecule has 0 saturated heterocycles. The Balaban J connectivity index is 2.13. The lowest BCUT2D eigenvalue weighted by Crippen LogP contribution is -2.08. The van der Waals surface area contributed by atoms with Crippen LogP contribution < -0.4 is 15.4 Å². The molecule has 0 saturated carbocycles. The predicted molar refractivity (Wildman–Crippen MR) is 86.4 cm³/mol. The lowest BCUT2D eigenvalue weighted by Gasteiger charge is -2.13. The number of nitrogens with zero attached hydrogens (tertiary/aromatic N) is 3. The average molecular weight is 282 g/mol. The van der Waals surface area contributed by atoms with Crippen LogP contribution in [0.15, 0.2) is 42.5 Å². The van der Waals surface area contributed by atoms with Crippen LogP contribution in [0.3, 0.4) is 0 Å². The quantitative estimate of drug-likeness (QED) is 0.802. The largest absolute Gasteiger partial charge is 0.497 e. The van der Waals surface area contributed by atoms with Gasteiger partial charge in [0.2, 0.25) is 5.95 Å². The molecule has 3 rings (SSSR count). The minimum absolute atomic E-state index is 0.468. The fourth-order valence-electron chi connectivity index (χ4n) is 2.38. The van der Waals surface area contributed by atoms with Crippen LogP contribution in [0.2, 0.25) is 0 Å². The highest BCUT2D eigenvalue weighted by molar-refractivity contribution is 5.82. The van der Waals surface area contributed by atoms with Gasteiger partial charge in [-0.1, -0.05) is 0 Å². The Hall–Kier alpha value is -2.69. The van der Waals surface area contributed by atoms with Gasteiger partial charge >= 0.3 is 0 Å². The summed E-state index contributed by atoms with van der Waals surface area (Å²) >= 11 is 0. The van der Waals surface area contributed by atoms with Crippen molar-refractivity contribution in [3.05, 3.63) is 42.5 Å². The number of anilines is 2. The van der Waals surface area contributed by atoms with E-state index in [1.807, 2.05) is 49.0 Å². The Bertz CT molecular complexity index is 775. The van der Waals surface area contributed by atoms with Crippen molar-refractivity contribution in [3.8, 4) is 11.4 Å². The van der Waals surface area contributed by atoms with Crippen LogP contribution in [-0.2, 0) is 0 Å². The van der Waals surface area contributed by atoms with Gasteiger partial charge in [-0.15, -0.1) is 0 Å². The number of rotatable bonds is 3. The third-order valence-electron chi connectivity index (χ3n) is 3.51. The molecule has 1 aromatic heterocycles. The summed E-state index contributed by atoms with van der Waals surface area (Å²) in [5.74, 6) is 1.24. The molecule has 108 valence electrons. The first-order valence-electron chi connectivity index (χ1n) is 6.70. The number of benzene rings is 2. The summed E-state index contributed by atoms with van der Waals surface area (Å²) in [6.45, 7) is 0. The maximum absolute atomic E-state index is 6.08. The van der Waals surface area contributed by atoms with E-state index in [0.717, 1.165) is 28.2 Å². The van der Waals surface area contributed by atoms with Crippen molar-refractivity contribution in [2.45, 2.75) is 0 Å². The summed E-state index contributed by atoms with van der Waals surface area (Å²) in [5, 5.41) is 0. The zero-order chi connectivity index (χ0) is 15.0. The maximum Gasteiger partial charge on any atom is 0.205 e. The second-order valence-corrected chi connectivity index (χ2v) is 5.07. The first kappa shape index (κ1) is 13.3. The summed E-state index contributed by atoms with van der Waals surface area (Å²) in [4.78, 5) is 6.47. The van der Waals surface area contributed by atoms with Crippen LogP contribution in [-0.4, -0.2) is 30.8 Å². The van der Waals surface area contributed by atoms with Crippen molar-refractivity contribution >= 4 is 22.7 Å². The van der Waals surface area contributed by atoms with Gasteiger partial charge in [0.15, 0.2) is 0 Å². The van der Waals surface area contributed by atoms with Gasteiger partial charge in [-0.05, 0) is 36.4 Å². The van der Waals surface area contributed by atoms with Crippen molar-refractivity contribution in [2.75, 3.05) is 31.8 Å². The van der Waals surface area contributed by atoms with Crippen molar-refractivity contribution < 1.29 is 4.74 Å². The molecule has 0 bridgehead atoms. The van der Waals surface area contributed by atoms with Crippen molar-refractivity contribution in [1.29, 1.82) is 0 Å². The second-order valence-electron chi connectivity index (χ2n) is 5.07. The molecule has 5 nitrogen and oxygen atoms in total. The zero-order valence-corrected chi connectivity index (χ0v) is 12.4. The molecule has 2 N–H and O–H groups in total. The number of nitrogen functional groups attached to an aromatic ring is 1. The third kappa shape index (κ3) is 2.27. The zero-order valence-electron chi connectivity index (χ0n) is 12.4. The number of fused-ring (bicyclic) bond motifs is 1. The average Bonchev–Trinajstić information content (AvgIpc) is 2.82. The molecule has 0 aliphatic heterocycles. The van der Waals surface area contributed by atoms with Crippen LogP contribution in [0.25, 0.3) is 16.7 Å². The van der Waals surface area contributed by atoms with Crippen molar-refractivity contribution in [2.24, 2.45) is 0 Å². The Labute approximate surface area is 123 Å². The molecule has 0 aliphatic carbocycles. The Morgan fingerprint density at radius 3 is 2.43 bits per heavy atom. The smallest absolute Gasteiger partial charge is 0.205 e. The predicted octanol–water partition coefficient (Wildman–Crippen LogP) is 2.68. The lowest BCUT2D eigenvalue weighted by atomic mass is 10.2. The molecule has 0 radical (unpaired) electrons. The van der Waals surface area contributed by atoms with Gasteiger partial charge in [-0.3, -0.25) is 4.57 Å². The summed E-state index contributed by atoms with van der Waals surface area (Å²) in [7, 11) is 5.67. The molecule has 0 aliphatic rings. The maximum atomic E-state index is 6.08. The normalized spacial score (nSPS) is 10.8. The number of hydrogen-bond acceptors (Lipinski definition) is 4. The SMILES string of the molecule is COc1ccc2c(c1)nc(N)n2-c1ccc(N(C)C)cc1. The molecule has 0 atom stereocenters. The highest BCUT2D eigenvalue weighted by Gasteiger charge is 2.11. The Kier molecular flexibility index (Phi) is 3.17. The molecule has 5 heteroatoms. The van der Waals surface area contributed by atoms with Crippen LogP contribution in [0.1, 0.15) is 0 Å². The molecule has 2 aromatic carbocycles. The van der Waals surface area contributed by atoms with Gasteiger partial charge in [0.25, 0.3) is 0 Å². The van der Waals surface area contributed by atoms with Crippen LogP contribution in [0.5, 0.6) is 5.75 Å². The summed E-state index contributed by atoms with van der Waals surface area (Å²) < 4.78 is 7.16. The fraction of sp³-hybridized carbons (Fsp3) is 0.188. The van der Waals surface area contributed by atoms with Gasteiger partial charge < -0.3 is 15.4 Å². The van der Waals surface area contributed by atoms with Gasteiger partial charge in [-0.2, -0.15) is 0 Å². The van der Waals surface area contributed by atoms with Crippen molar-refractivity contribution in [1.82, 2.24) is 9.55 Å². The molecule has 0 amide bonds. The fourth-order valence-corrected chi connectivity index (χ4v) is 2.38. The van der Waals surface area contributed by atoms with Gasteiger partial charge in [0.05, 0.1) is 18.1 Å². The number of aromatic nitrogens is 2. The summed E-state index contributed by atoms with van der Waals surface area (Å²) in [6.07, 6.45) is 0. The second kappa shape index (κ2) is 5.01. The monoisotopic (exact) mass is 282 g/mol. The van der Waals surface area contributed by atoms with E-state index in [4.69, 9.17) is 10.5 Å². The highest BCUT2D eigenvalue weighted by atomic mass is 16.5. The first-order valence-corrected chi connectivity index (χ1v) is 6.70. The number of nitrogens with two attached hydrogens (primary N) is 1. The van der Waals surface area contributed by atoms with E-state index in [2.05, 4.69) is 22.0 Å². The lowest BCUT2D eigenvalue weighted by molar-refractivity contribution is 0.415. The van der Waals surface area contributed by atoms with E-state index < -0.39 is 0 Å². The van der Waals surface area contributed by atoms with E-state index in [-0.39, 0.29) is 0 Å². The van der Waals surface area contributed by atoms with E-state index >= 15 is 0 Å². The number of methoxy groups -OCH3 is 1. The van der Waals surface area contributed by atoms with E-state index in [1.165, 1.54) is 0 Å². The van der Waals surface area contributed by atoms with Gasteiger partial charge in [0.1, 0.15) is 5.75 Å². The van der Waals surface area contributed by atoms with Crippen molar-refractivity contribution in [3.63, 3.8) is 0 Å². The molecule has 0 unspecified atom stereocenters. The van der Waals surface area contributed by atoms with Crippen LogP contribution >= 0.6 is 0 Å². The minimum Gasteiger partial charge on any atom is -0.497 e. The van der Waals surface area contributed by atoms with Crippen LogP contribution in [0, 0.1) is 0 Å². The molecule has 1 heterocycles. The standard InChI is InChI=1S/C16H18N4O/c1-19(2)11-4-6-12(7-5-11)20-15-9-8-13(21-3)10-14(15)18-16(20)17/h4-10H,1-3H3,(H2,17,18). The molecule has 0 fully saturated rings. The summed E-state index contributed by atoms with van der Waals surface area (Å²) in [6, 6.07) is 14.0. The molecule has 3 aromatic rings. The number of hydrogen-bond donors (Lipinski definition) is 1. The van der Waals surface area contributed by atoms with Crippen LogP contribution in [0.4, 0.5) is 11.6 Å². The molecular formula is C16H18N4O. The molecule has 0 spiro atoms. The van der Waals surface area contributed by atoms with Gasteiger partial charge in [-0.25, -0.2) is 4.98 Å². The molecule has 21 heavy (non-hydrogen) atoms. The number of ether oxygens (including phenoxy) is 1. The van der Waals surface area contributed by atoms with E-state index in [0.29, 0.717) is 5.95 Å². The topological polar surface area (TPSA) is 56.3 Å². The first-order chi connectivity index (χ1) is 10.1. The van der Waals surface area contributed by atoms with Gasteiger partial charge in [0, 0.05) is 31.5 Å². The minimum atomic E-state index is 0.468. The Morgan fingerprint density at radius 2 is 1.81 bits per heavy atom. The third-order valence-corrected chi connectivity index (χ3v) is 3.51. The van der Waals surface area contributed by atoms with E-state index in [9.17, 15) is 0 Å². The van der Waals surface area contributed by atoms with E-state index in [1.54, 1.807) is 7.11 Å².